The molecule has 1 amide bonds. The second kappa shape index (κ2) is 7.30. The number of ether oxygens (including phenoxy) is 1. The van der Waals surface area contributed by atoms with Crippen LogP contribution in [-0.4, -0.2) is 41.3 Å². The third kappa shape index (κ3) is 4.41. The third-order valence-electron chi connectivity index (χ3n) is 4.74. The van der Waals surface area contributed by atoms with Crippen LogP contribution < -0.4 is 5.14 Å². The molecule has 2 N–H and O–H groups in total. The fourth-order valence-electron chi connectivity index (χ4n) is 3.54. The van der Waals surface area contributed by atoms with Gasteiger partial charge in [-0.3, -0.25) is 9.58 Å². The maximum Gasteiger partial charge on any atom is 0.410 e. The van der Waals surface area contributed by atoms with Crippen LogP contribution in [0.2, 0.25) is 5.02 Å². The summed E-state index contributed by atoms with van der Waals surface area (Å²) < 4.78 is 30.8. The molecule has 0 radical (unpaired) electrons. The van der Waals surface area contributed by atoms with Crippen LogP contribution in [0.4, 0.5) is 4.79 Å². The van der Waals surface area contributed by atoms with Crippen LogP contribution in [0, 0.1) is 0 Å². The van der Waals surface area contributed by atoms with Gasteiger partial charge in [-0.2, -0.15) is 5.10 Å². The quantitative estimate of drug-likeness (QED) is 0.771. The minimum Gasteiger partial charge on any atom is -0.444 e. The van der Waals surface area contributed by atoms with E-state index in [9.17, 15) is 13.2 Å². The smallest absolute Gasteiger partial charge is 0.410 e. The van der Waals surface area contributed by atoms with Crippen molar-refractivity contribution >= 4 is 27.7 Å². The summed E-state index contributed by atoms with van der Waals surface area (Å²) in [7, 11) is -2.13. The molecule has 0 saturated carbocycles. The first-order valence-electron chi connectivity index (χ1n) is 9.17. The predicted molar refractivity (Wildman–Crippen MR) is 110 cm³/mol. The van der Waals surface area contributed by atoms with Gasteiger partial charge < -0.3 is 4.74 Å². The molecule has 158 valence electrons. The van der Waals surface area contributed by atoms with Gasteiger partial charge in [0.05, 0.1) is 22.3 Å². The van der Waals surface area contributed by atoms with Crippen molar-refractivity contribution < 1.29 is 17.9 Å². The highest BCUT2D eigenvalue weighted by Crippen LogP contribution is 2.37. The largest absolute Gasteiger partial charge is 0.444 e. The lowest BCUT2D eigenvalue weighted by Gasteiger charge is -2.34. The molecule has 0 fully saturated rings. The van der Waals surface area contributed by atoms with Crippen molar-refractivity contribution in [2.45, 2.75) is 50.7 Å². The first-order valence-corrected chi connectivity index (χ1v) is 11.1. The van der Waals surface area contributed by atoms with Crippen molar-refractivity contribution in [2.75, 3.05) is 6.54 Å². The van der Waals surface area contributed by atoms with Gasteiger partial charge in [0, 0.05) is 29.7 Å². The summed E-state index contributed by atoms with van der Waals surface area (Å²) in [6.07, 6.45) is 0.168. The first-order chi connectivity index (χ1) is 13.3. The Morgan fingerprint density at radius 2 is 1.97 bits per heavy atom. The molecule has 2 aromatic rings. The van der Waals surface area contributed by atoms with E-state index in [0.29, 0.717) is 18.5 Å². The third-order valence-corrected chi connectivity index (χ3v) is 5.85. The molecule has 3 rings (SSSR count). The molecule has 0 bridgehead atoms. The van der Waals surface area contributed by atoms with E-state index < -0.39 is 15.6 Å². The Balaban J connectivity index is 2.03. The van der Waals surface area contributed by atoms with Crippen LogP contribution in [0.3, 0.4) is 0 Å². The maximum atomic E-state index is 12.6. The molecule has 1 atom stereocenters. The fraction of sp³-hybridized carbons (Fsp3) is 0.474. The van der Waals surface area contributed by atoms with E-state index in [1.807, 2.05) is 27.7 Å². The second-order valence-electron chi connectivity index (χ2n) is 8.16. The van der Waals surface area contributed by atoms with Crippen molar-refractivity contribution in [3.8, 4) is 11.3 Å². The molecular formula is C19H25ClN4O4S. The van der Waals surface area contributed by atoms with Gasteiger partial charge in [0.15, 0.2) is 0 Å². The number of sulfonamides is 1. The lowest BCUT2D eigenvalue weighted by atomic mass is 9.96. The average Bonchev–Trinajstić information content (AvgIpc) is 2.89. The Morgan fingerprint density at radius 3 is 2.55 bits per heavy atom. The monoisotopic (exact) mass is 440 g/mol. The van der Waals surface area contributed by atoms with Crippen LogP contribution >= 0.6 is 11.6 Å². The predicted octanol–water partition coefficient (Wildman–Crippen LogP) is 3.24. The van der Waals surface area contributed by atoms with E-state index in [1.165, 1.54) is 12.1 Å². The number of benzene rings is 1. The summed E-state index contributed by atoms with van der Waals surface area (Å²) in [4.78, 5) is 14.2. The molecule has 0 spiro atoms. The van der Waals surface area contributed by atoms with Crippen LogP contribution in [-0.2, 0) is 28.2 Å². The summed E-state index contributed by atoms with van der Waals surface area (Å²) in [5, 5.41) is 10.1. The second-order valence-corrected chi connectivity index (χ2v) is 10.2. The highest BCUT2D eigenvalue weighted by atomic mass is 35.5. The number of fused-ring (bicyclic) bond motifs is 1. The topological polar surface area (TPSA) is 108 Å². The number of nitrogens with zero attached hydrogens (tertiary/aromatic N) is 3. The van der Waals surface area contributed by atoms with Crippen molar-refractivity contribution in [1.82, 2.24) is 14.7 Å². The number of nitrogens with two attached hydrogens (primary N) is 1. The number of rotatable bonds is 2. The molecule has 10 heteroatoms. The van der Waals surface area contributed by atoms with Crippen LogP contribution in [0.1, 0.15) is 45.0 Å². The van der Waals surface area contributed by atoms with Crippen molar-refractivity contribution in [3.05, 3.63) is 34.5 Å². The summed E-state index contributed by atoms with van der Waals surface area (Å²) >= 11 is 6.14. The van der Waals surface area contributed by atoms with E-state index in [1.54, 1.807) is 22.7 Å². The van der Waals surface area contributed by atoms with E-state index in [2.05, 4.69) is 5.10 Å². The molecule has 2 heterocycles. The number of aryl methyl sites for hydroxylation is 1. The molecule has 1 unspecified atom stereocenters. The van der Waals surface area contributed by atoms with Gasteiger partial charge in [-0.15, -0.1) is 0 Å². The van der Waals surface area contributed by atoms with Crippen molar-refractivity contribution in [3.63, 3.8) is 0 Å². The van der Waals surface area contributed by atoms with E-state index in [4.69, 9.17) is 21.5 Å². The Labute approximate surface area is 175 Å². The first kappa shape index (κ1) is 21.6. The lowest BCUT2D eigenvalue weighted by molar-refractivity contribution is 0.0155. The highest BCUT2D eigenvalue weighted by Gasteiger charge is 2.35. The molecular weight excluding hydrogens is 416 g/mol. The van der Waals surface area contributed by atoms with Gasteiger partial charge in [0.1, 0.15) is 5.60 Å². The van der Waals surface area contributed by atoms with Crippen LogP contribution in [0.15, 0.2) is 23.1 Å². The molecule has 1 aliphatic heterocycles. The Hall–Kier alpha value is -2.10. The number of halogens is 1. The zero-order valence-electron chi connectivity index (χ0n) is 17.1. The summed E-state index contributed by atoms with van der Waals surface area (Å²) in [6, 6.07) is 4.20. The van der Waals surface area contributed by atoms with Gasteiger partial charge in [-0.05, 0) is 52.3 Å². The van der Waals surface area contributed by atoms with E-state index in [0.717, 1.165) is 17.0 Å². The molecule has 1 aliphatic rings. The Morgan fingerprint density at radius 1 is 1.31 bits per heavy atom. The minimum atomic E-state index is -3.90. The fourth-order valence-corrected chi connectivity index (χ4v) is 4.42. The minimum absolute atomic E-state index is 0.0609. The van der Waals surface area contributed by atoms with Crippen molar-refractivity contribution in [2.24, 2.45) is 12.2 Å². The zero-order valence-corrected chi connectivity index (χ0v) is 18.6. The highest BCUT2D eigenvalue weighted by molar-refractivity contribution is 7.89. The Kier molecular flexibility index (Phi) is 5.44. The van der Waals surface area contributed by atoms with Crippen LogP contribution in [0.25, 0.3) is 11.3 Å². The SMILES string of the molecule is CC1c2nn(C)c(-c3cc(Cl)cc(S(N)(=O)=O)c3)c2CCN1C(=O)OC(C)(C)C. The number of carbonyl (C=O) groups is 1. The standard InChI is InChI=1S/C19H25ClN4O4S/c1-11-16-15(6-7-24(11)18(25)28-19(2,3)4)17(23(5)22-16)12-8-13(20)10-14(9-12)29(21,26)27/h8-11H,6-7H2,1-5H3,(H2,21,26,27). The van der Waals surface area contributed by atoms with Crippen molar-refractivity contribution in [1.29, 1.82) is 0 Å². The number of hydrogen-bond donors (Lipinski definition) is 1. The van der Waals surface area contributed by atoms with Gasteiger partial charge in [-0.1, -0.05) is 11.6 Å². The zero-order chi connectivity index (χ0) is 21.7. The summed E-state index contributed by atoms with van der Waals surface area (Å²) in [5.41, 5.74) is 2.47. The average molecular weight is 441 g/mol. The number of hydrogen-bond acceptors (Lipinski definition) is 5. The van der Waals surface area contributed by atoms with Crippen LogP contribution in [0.5, 0.6) is 0 Å². The number of aromatic nitrogens is 2. The maximum absolute atomic E-state index is 12.6. The Bertz CT molecular complexity index is 1070. The van der Waals surface area contributed by atoms with Gasteiger partial charge in [-0.25, -0.2) is 18.4 Å². The molecule has 1 aromatic heterocycles. The van der Waals surface area contributed by atoms with E-state index in [-0.39, 0.29) is 22.1 Å². The number of amides is 1. The summed E-state index contributed by atoms with van der Waals surface area (Å²) in [5.74, 6) is 0. The lowest BCUT2D eigenvalue weighted by Crippen LogP contribution is -2.42. The number of primary sulfonamides is 1. The molecule has 1 aromatic carbocycles. The van der Waals surface area contributed by atoms with E-state index >= 15 is 0 Å². The van der Waals surface area contributed by atoms with Gasteiger partial charge in [0.25, 0.3) is 0 Å². The number of carbonyl (C=O) groups excluding carboxylic acids is 1. The van der Waals surface area contributed by atoms with Gasteiger partial charge >= 0.3 is 6.09 Å². The summed E-state index contributed by atoms with van der Waals surface area (Å²) in [6.45, 7) is 7.83. The van der Waals surface area contributed by atoms with Gasteiger partial charge in [0.2, 0.25) is 10.0 Å². The molecule has 8 nitrogen and oxygen atoms in total. The molecule has 0 aliphatic carbocycles. The normalized spacial score (nSPS) is 17.2. The molecule has 29 heavy (non-hydrogen) atoms. The molecule has 0 saturated heterocycles.